The zero-order chi connectivity index (χ0) is 19.5. The molecule has 1 aromatic heterocycles. The highest BCUT2D eigenvalue weighted by atomic mass is 16.5. The number of hydrogen-bond donors (Lipinski definition) is 2. The number of amides is 1. The minimum absolute atomic E-state index is 0.0510. The number of carbonyl (C=O) groups excluding carboxylic acids is 1. The Morgan fingerprint density at radius 1 is 1.39 bits per heavy atom. The normalized spacial score (nSPS) is 26.2. The molecule has 1 aromatic carbocycles. The first kappa shape index (κ1) is 18.9. The van der Waals surface area contributed by atoms with Crippen molar-refractivity contribution in [2.45, 2.75) is 38.5 Å². The van der Waals surface area contributed by atoms with Crippen LogP contribution in [0.1, 0.15) is 24.1 Å². The van der Waals surface area contributed by atoms with Crippen LogP contribution in [0.5, 0.6) is 5.75 Å². The van der Waals surface area contributed by atoms with Gasteiger partial charge in [0.05, 0.1) is 25.3 Å². The van der Waals surface area contributed by atoms with Crippen LogP contribution in [-0.2, 0) is 24.4 Å². The largest absolute Gasteiger partial charge is 0.496 e. The molecule has 3 fully saturated rings. The summed E-state index contributed by atoms with van der Waals surface area (Å²) in [5.41, 5.74) is 7.43. The van der Waals surface area contributed by atoms with Gasteiger partial charge in [-0.15, -0.1) is 5.10 Å². The molecule has 4 heterocycles. The number of carbonyl (C=O) groups is 1. The first-order chi connectivity index (χ1) is 13.7. The van der Waals surface area contributed by atoms with Crippen LogP contribution in [0.3, 0.4) is 0 Å². The number of nitrogens with one attached hydrogen (secondary N) is 1. The van der Waals surface area contributed by atoms with Gasteiger partial charge in [-0.2, -0.15) is 0 Å². The van der Waals surface area contributed by atoms with Crippen molar-refractivity contribution in [1.82, 2.24) is 25.2 Å². The lowest BCUT2D eigenvalue weighted by Gasteiger charge is -2.49. The van der Waals surface area contributed by atoms with Gasteiger partial charge in [0.1, 0.15) is 5.75 Å². The number of nitrogens with two attached hydrogens (primary N) is 1. The minimum Gasteiger partial charge on any atom is -0.496 e. The molecule has 0 radical (unpaired) electrons. The van der Waals surface area contributed by atoms with Crippen molar-refractivity contribution in [2.24, 2.45) is 17.6 Å². The summed E-state index contributed by atoms with van der Waals surface area (Å²) in [5, 5.41) is 11.4. The van der Waals surface area contributed by atoms with E-state index < -0.39 is 0 Å². The zero-order valence-corrected chi connectivity index (χ0v) is 16.3. The van der Waals surface area contributed by atoms with Crippen LogP contribution >= 0.6 is 0 Å². The van der Waals surface area contributed by atoms with E-state index in [2.05, 4.69) is 20.5 Å². The van der Waals surface area contributed by atoms with Crippen molar-refractivity contribution in [3.63, 3.8) is 0 Å². The number of hydrogen-bond acceptors (Lipinski definition) is 6. The van der Waals surface area contributed by atoms with Gasteiger partial charge in [0, 0.05) is 37.4 Å². The van der Waals surface area contributed by atoms with E-state index in [0.717, 1.165) is 49.5 Å². The third-order valence-corrected chi connectivity index (χ3v) is 6.05. The summed E-state index contributed by atoms with van der Waals surface area (Å²) < 4.78 is 7.25. The van der Waals surface area contributed by atoms with Gasteiger partial charge in [-0.05, 0) is 31.4 Å². The van der Waals surface area contributed by atoms with Gasteiger partial charge in [0.2, 0.25) is 5.91 Å². The van der Waals surface area contributed by atoms with E-state index in [1.165, 1.54) is 0 Å². The lowest BCUT2D eigenvalue weighted by atomic mass is 9.75. The second-order valence-corrected chi connectivity index (χ2v) is 7.71. The van der Waals surface area contributed by atoms with E-state index in [1.54, 1.807) is 7.11 Å². The number of methoxy groups -OCH3 is 1. The fourth-order valence-corrected chi connectivity index (χ4v) is 4.52. The Morgan fingerprint density at radius 3 is 2.96 bits per heavy atom. The first-order valence-electron chi connectivity index (χ1n) is 9.90. The topological polar surface area (TPSA) is 98.3 Å². The Morgan fingerprint density at radius 2 is 2.25 bits per heavy atom. The zero-order valence-electron chi connectivity index (χ0n) is 16.3. The van der Waals surface area contributed by atoms with E-state index in [0.29, 0.717) is 25.0 Å². The fourth-order valence-electron chi connectivity index (χ4n) is 4.52. The van der Waals surface area contributed by atoms with Crippen molar-refractivity contribution in [3.8, 4) is 5.75 Å². The number of ether oxygens (including phenoxy) is 1. The highest BCUT2D eigenvalue weighted by Gasteiger charge is 2.43. The number of aromatic nitrogens is 3. The molecule has 28 heavy (non-hydrogen) atoms. The van der Waals surface area contributed by atoms with Gasteiger partial charge >= 0.3 is 0 Å². The molecule has 3 aliphatic heterocycles. The van der Waals surface area contributed by atoms with Crippen LogP contribution in [0.15, 0.2) is 30.5 Å². The Balaban J connectivity index is 1.34. The highest BCUT2D eigenvalue weighted by Crippen LogP contribution is 2.37. The maximum absolute atomic E-state index is 12.8. The van der Waals surface area contributed by atoms with Gasteiger partial charge in [-0.25, -0.2) is 0 Å². The lowest BCUT2D eigenvalue weighted by Crippen LogP contribution is -2.58. The van der Waals surface area contributed by atoms with E-state index >= 15 is 0 Å². The van der Waals surface area contributed by atoms with Crippen LogP contribution in [0.25, 0.3) is 0 Å². The minimum atomic E-state index is 0.0510. The summed E-state index contributed by atoms with van der Waals surface area (Å²) >= 11 is 0. The Labute approximate surface area is 165 Å². The number of rotatable bonds is 7. The van der Waals surface area contributed by atoms with Gasteiger partial charge in [0.25, 0.3) is 0 Å². The van der Waals surface area contributed by atoms with Crippen molar-refractivity contribution < 1.29 is 9.53 Å². The summed E-state index contributed by atoms with van der Waals surface area (Å²) in [5.74, 6) is 1.42. The Hall–Kier alpha value is -2.45. The molecule has 0 spiro atoms. The molecular formula is C20H28N6O2. The number of fused-ring (bicyclic) bond motifs is 3. The maximum atomic E-state index is 12.8. The molecule has 8 heteroatoms. The second-order valence-electron chi connectivity index (χ2n) is 7.71. The van der Waals surface area contributed by atoms with E-state index in [4.69, 9.17) is 10.5 Å². The van der Waals surface area contributed by atoms with Crippen LogP contribution in [0, 0.1) is 11.8 Å². The van der Waals surface area contributed by atoms with E-state index in [-0.39, 0.29) is 11.8 Å². The molecule has 3 aliphatic rings. The predicted molar refractivity (Wildman–Crippen MR) is 104 cm³/mol. The third-order valence-electron chi connectivity index (χ3n) is 6.05. The average molecular weight is 384 g/mol. The Bertz CT molecular complexity index is 823. The van der Waals surface area contributed by atoms with Gasteiger partial charge < -0.3 is 15.8 Å². The second kappa shape index (κ2) is 8.28. The number of nitrogens with zero attached hydrogens (tertiary/aromatic N) is 4. The maximum Gasteiger partial charge on any atom is 0.224 e. The number of benzene rings is 1. The van der Waals surface area contributed by atoms with Crippen molar-refractivity contribution >= 4 is 5.91 Å². The molecule has 5 rings (SSSR count). The van der Waals surface area contributed by atoms with Gasteiger partial charge in [-0.1, -0.05) is 23.4 Å². The van der Waals surface area contributed by atoms with Gasteiger partial charge in [0.15, 0.2) is 0 Å². The smallest absolute Gasteiger partial charge is 0.224 e. The van der Waals surface area contributed by atoms with Crippen LogP contribution in [0.4, 0.5) is 0 Å². The summed E-state index contributed by atoms with van der Waals surface area (Å²) in [6.07, 6.45) is 4.01. The molecular weight excluding hydrogens is 356 g/mol. The Kier molecular flexibility index (Phi) is 5.59. The first-order valence-corrected chi connectivity index (χ1v) is 9.90. The van der Waals surface area contributed by atoms with E-state index in [1.807, 2.05) is 35.1 Å². The van der Waals surface area contributed by atoms with Crippen molar-refractivity contribution in [3.05, 3.63) is 41.7 Å². The molecule has 3 N–H and O–H groups in total. The standard InChI is InChI=1S/C20H28N6O2/c1-28-19-5-3-2-4-15(19)10-22-20(27)18-13-25-7-6-14(18)8-17(25)12-26-11-16(9-21)23-24-26/h2-5,11,14,17-18H,6-10,12-13,21H2,1H3,(H,22,27)/t14-,17+,18+/m0/s1. The molecule has 150 valence electrons. The van der Waals surface area contributed by atoms with Crippen LogP contribution in [0.2, 0.25) is 0 Å². The molecule has 1 unspecified atom stereocenters. The monoisotopic (exact) mass is 384 g/mol. The summed E-state index contributed by atoms with van der Waals surface area (Å²) in [7, 11) is 1.65. The average Bonchev–Trinajstić information content (AvgIpc) is 3.20. The molecule has 8 nitrogen and oxygen atoms in total. The van der Waals surface area contributed by atoms with Crippen molar-refractivity contribution in [1.29, 1.82) is 0 Å². The van der Waals surface area contributed by atoms with Gasteiger partial charge in [-0.3, -0.25) is 14.4 Å². The molecule has 2 aromatic rings. The van der Waals surface area contributed by atoms with Crippen molar-refractivity contribution in [2.75, 3.05) is 20.2 Å². The van der Waals surface area contributed by atoms with Crippen LogP contribution in [-0.4, -0.2) is 52.0 Å². The number of piperidine rings is 3. The summed E-state index contributed by atoms with van der Waals surface area (Å²) in [4.78, 5) is 15.3. The third kappa shape index (κ3) is 3.88. The summed E-state index contributed by atoms with van der Waals surface area (Å²) in [6.45, 7) is 3.57. The molecule has 0 saturated carbocycles. The van der Waals surface area contributed by atoms with Crippen LogP contribution < -0.4 is 15.8 Å². The quantitative estimate of drug-likeness (QED) is 0.732. The highest BCUT2D eigenvalue weighted by molar-refractivity contribution is 5.79. The molecule has 2 bridgehead atoms. The lowest BCUT2D eigenvalue weighted by molar-refractivity contribution is -0.133. The predicted octanol–water partition coefficient (Wildman–Crippen LogP) is 0.772. The fraction of sp³-hybridized carbons (Fsp3) is 0.550. The summed E-state index contributed by atoms with van der Waals surface area (Å²) in [6, 6.07) is 8.20. The molecule has 4 atom stereocenters. The number of para-hydroxylation sites is 1. The molecule has 1 amide bonds. The molecule has 0 aliphatic carbocycles. The SMILES string of the molecule is COc1ccccc1CNC(=O)[C@@H]1CN2CC[C@H]1C[C@@H]2Cn1cc(CN)nn1. The molecule has 3 saturated heterocycles. The van der Waals surface area contributed by atoms with E-state index in [9.17, 15) is 4.79 Å².